The molecule has 2 N–H and O–H groups in total. The van der Waals surface area contributed by atoms with E-state index >= 15 is 0 Å². The van der Waals surface area contributed by atoms with Crippen LogP contribution in [0.15, 0.2) is 0 Å². The number of hydrogen-bond acceptors (Lipinski definition) is 3. The normalized spacial score (nSPS) is 10.7. The van der Waals surface area contributed by atoms with E-state index in [4.69, 9.17) is 10.5 Å². The van der Waals surface area contributed by atoms with Gasteiger partial charge in [-0.2, -0.15) is 0 Å². The summed E-state index contributed by atoms with van der Waals surface area (Å²) in [5.74, 6) is 0. The lowest BCUT2D eigenvalue weighted by Gasteiger charge is -2.26. The van der Waals surface area contributed by atoms with Crippen molar-refractivity contribution in [2.45, 2.75) is 39.8 Å². The highest BCUT2D eigenvalue weighted by atomic mass is 16.6. The number of amides is 1. The van der Waals surface area contributed by atoms with Crippen molar-refractivity contribution in [2.75, 3.05) is 13.1 Å². The Morgan fingerprint density at radius 3 is 2.23 bits per heavy atom. The van der Waals surface area contributed by atoms with Crippen molar-refractivity contribution >= 4 is 6.09 Å². The van der Waals surface area contributed by atoms with Gasteiger partial charge < -0.3 is 15.4 Å². The molecule has 78 valence electrons. The summed E-state index contributed by atoms with van der Waals surface area (Å²) in [6.07, 6.45) is -0.359. The fraction of sp³-hybridized carbons (Fsp3) is 0.889. The summed E-state index contributed by atoms with van der Waals surface area (Å²) in [5.41, 5.74) is 5.39. The van der Waals surface area contributed by atoms with Gasteiger partial charge in [-0.3, -0.25) is 0 Å². The van der Waals surface area contributed by atoms with Gasteiger partial charge in [-0.25, -0.2) is 4.79 Å². The van der Waals surface area contributed by atoms with Gasteiger partial charge >= 0.3 is 6.09 Å². The predicted molar refractivity (Wildman–Crippen MR) is 52.5 cm³/mol. The molecule has 0 aliphatic carbocycles. The van der Waals surface area contributed by atoms with E-state index < -0.39 is 0 Å². The van der Waals surface area contributed by atoms with Gasteiger partial charge in [0.05, 0.1) is 6.10 Å². The van der Waals surface area contributed by atoms with E-state index in [9.17, 15) is 4.79 Å². The molecule has 0 saturated carbocycles. The smallest absolute Gasteiger partial charge is 0.410 e. The lowest BCUT2D eigenvalue weighted by molar-refractivity contribution is 0.0689. The van der Waals surface area contributed by atoms with Crippen molar-refractivity contribution in [3.05, 3.63) is 0 Å². The van der Waals surface area contributed by atoms with Crippen LogP contribution in [0.5, 0.6) is 0 Å². The molecule has 4 nitrogen and oxygen atoms in total. The summed E-state index contributed by atoms with van der Waals surface area (Å²) in [4.78, 5) is 13.1. The fourth-order valence-corrected chi connectivity index (χ4v) is 0.969. The van der Waals surface area contributed by atoms with Crippen molar-refractivity contribution < 1.29 is 9.53 Å². The molecule has 0 aliphatic rings. The largest absolute Gasteiger partial charge is 0.447 e. The number of nitrogens with two attached hydrogens (primary N) is 1. The van der Waals surface area contributed by atoms with Crippen LogP contribution in [0, 0.1) is 0 Å². The Kier molecular flexibility index (Phi) is 5.46. The summed E-state index contributed by atoms with van der Waals surface area (Å²) in [5, 5.41) is 0. The molecule has 0 radical (unpaired) electrons. The summed E-state index contributed by atoms with van der Waals surface area (Å²) >= 11 is 0. The highest BCUT2D eigenvalue weighted by Crippen LogP contribution is 2.02. The Labute approximate surface area is 80.0 Å². The van der Waals surface area contributed by atoms with Gasteiger partial charge in [-0.15, -0.1) is 0 Å². The van der Waals surface area contributed by atoms with E-state index in [1.165, 1.54) is 0 Å². The highest BCUT2D eigenvalue weighted by molar-refractivity contribution is 5.68. The second kappa shape index (κ2) is 5.80. The van der Waals surface area contributed by atoms with E-state index in [1.54, 1.807) is 4.90 Å². The lowest BCUT2D eigenvalue weighted by Crippen LogP contribution is -2.41. The minimum absolute atomic E-state index is 0.0773. The number of ether oxygens (including phenoxy) is 1. The van der Waals surface area contributed by atoms with Crippen molar-refractivity contribution in [1.82, 2.24) is 4.90 Å². The Morgan fingerprint density at radius 2 is 1.92 bits per heavy atom. The fourth-order valence-electron chi connectivity index (χ4n) is 0.969. The summed E-state index contributed by atoms with van der Waals surface area (Å²) in [7, 11) is 0. The molecule has 4 heteroatoms. The Hall–Kier alpha value is -0.770. The van der Waals surface area contributed by atoms with Crippen molar-refractivity contribution in [3.8, 4) is 0 Å². The molecule has 1 amide bonds. The first kappa shape index (κ1) is 12.2. The van der Waals surface area contributed by atoms with Crippen molar-refractivity contribution in [2.24, 2.45) is 5.73 Å². The van der Waals surface area contributed by atoms with Crippen LogP contribution >= 0.6 is 0 Å². The molecule has 13 heavy (non-hydrogen) atoms. The first-order valence-corrected chi connectivity index (χ1v) is 4.66. The maximum atomic E-state index is 11.4. The molecule has 0 rings (SSSR count). The van der Waals surface area contributed by atoms with Gasteiger partial charge in [0.25, 0.3) is 0 Å². The van der Waals surface area contributed by atoms with Gasteiger partial charge in [0.2, 0.25) is 0 Å². The summed E-state index contributed by atoms with van der Waals surface area (Å²) in [6.45, 7) is 8.56. The molecule has 0 unspecified atom stereocenters. The minimum atomic E-state index is -0.282. The Morgan fingerprint density at radius 1 is 1.38 bits per heavy atom. The first-order valence-electron chi connectivity index (χ1n) is 4.66. The molecule has 0 atom stereocenters. The molecule has 0 spiro atoms. The molecule has 0 aliphatic heterocycles. The summed E-state index contributed by atoms with van der Waals surface area (Å²) < 4.78 is 5.06. The lowest BCUT2D eigenvalue weighted by atomic mass is 10.3. The molecular weight excluding hydrogens is 168 g/mol. The van der Waals surface area contributed by atoms with Gasteiger partial charge in [-0.05, 0) is 27.7 Å². The highest BCUT2D eigenvalue weighted by Gasteiger charge is 2.17. The van der Waals surface area contributed by atoms with Crippen LogP contribution < -0.4 is 5.73 Å². The van der Waals surface area contributed by atoms with Crippen LogP contribution in [0.3, 0.4) is 0 Å². The third-order valence-corrected chi connectivity index (χ3v) is 1.56. The molecule has 0 bridgehead atoms. The predicted octanol–water partition coefficient (Wildman–Crippen LogP) is 1.20. The topological polar surface area (TPSA) is 55.6 Å². The molecule has 0 fully saturated rings. The van der Waals surface area contributed by atoms with E-state index in [2.05, 4.69) is 0 Å². The second-order valence-electron chi connectivity index (χ2n) is 3.51. The minimum Gasteiger partial charge on any atom is -0.447 e. The monoisotopic (exact) mass is 188 g/mol. The van der Waals surface area contributed by atoms with Gasteiger partial charge in [0.1, 0.15) is 0 Å². The second-order valence-corrected chi connectivity index (χ2v) is 3.51. The van der Waals surface area contributed by atoms with Crippen molar-refractivity contribution in [3.63, 3.8) is 0 Å². The Bertz CT molecular complexity index is 158. The first-order chi connectivity index (χ1) is 5.99. The van der Waals surface area contributed by atoms with E-state index in [1.807, 2.05) is 27.7 Å². The third-order valence-electron chi connectivity index (χ3n) is 1.56. The third kappa shape index (κ3) is 4.72. The van der Waals surface area contributed by atoms with Crippen LogP contribution in [0.2, 0.25) is 0 Å². The van der Waals surface area contributed by atoms with Crippen LogP contribution in [-0.2, 0) is 4.74 Å². The van der Waals surface area contributed by atoms with Gasteiger partial charge in [-0.1, -0.05) is 0 Å². The number of rotatable bonds is 4. The van der Waals surface area contributed by atoms with Crippen molar-refractivity contribution in [1.29, 1.82) is 0 Å². The zero-order valence-corrected chi connectivity index (χ0v) is 8.91. The zero-order chi connectivity index (χ0) is 10.4. The van der Waals surface area contributed by atoms with E-state index in [0.29, 0.717) is 13.1 Å². The average Bonchev–Trinajstić information content (AvgIpc) is 1.97. The molecule has 0 aromatic heterocycles. The van der Waals surface area contributed by atoms with E-state index in [-0.39, 0.29) is 18.2 Å². The van der Waals surface area contributed by atoms with Crippen LogP contribution in [-0.4, -0.2) is 36.2 Å². The number of hydrogen-bond donors (Lipinski definition) is 1. The standard InChI is InChI=1S/C9H20N2O2/c1-7(2)11(6-5-10)9(12)13-8(3)4/h7-8H,5-6,10H2,1-4H3. The molecular formula is C9H20N2O2. The average molecular weight is 188 g/mol. The van der Waals surface area contributed by atoms with Gasteiger partial charge in [0.15, 0.2) is 0 Å². The number of nitrogens with zero attached hydrogens (tertiary/aromatic N) is 1. The molecule has 0 aromatic rings. The van der Waals surface area contributed by atoms with Crippen LogP contribution in [0.4, 0.5) is 4.79 Å². The SMILES string of the molecule is CC(C)OC(=O)N(CCN)C(C)C. The number of carbonyl (C=O) groups excluding carboxylic acids is 1. The molecule has 0 heterocycles. The maximum absolute atomic E-state index is 11.4. The van der Waals surface area contributed by atoms with Crippen LogP contribution in [0.1, 0.15) is 27.7 Å². The van der Waals surface area contributed by atoms with E-state index in [0.717, 1.165) is 0 Å². The maximum Gasteiger partial charge on any atom is 0.410 e. The quantitative estimate of drug-likeness (QED) is 0.721. The molecule has 0 aromatic carbocycles. The van der Waals surface area contributed by atoms with Gasteiger partial charge in [0, 0.05) is 19.1 Å². The summed E-state index contributed by atoms with van der Waals surface area (Å²) in [6, 6.07) is 0.134. The zero-order valence-electron chi connectivity index (χ0n) is 8.91. The molecule has 0 saturated heterocycles. The Balaban J connectivity index is 4.11. The van der Waals surface area contributed by atoms with Crippen LogP contribution in [0.25, 0.3) is 0 Å². The number of carbonyl (C=O) groups is 1.